The van der Waals surface area contributed by atoms with E-state index in [4.69, 9.17) is 0 Å². The lowest BCUT2D eigenvalue weighted by atomic mass is 9.81. The van der Waals surface area contributed by atoms with Gasteiger partial charge in [-0.2, -0.15) is 0 Å². The summed E-state index contributed by atoms with van der Waals surface area (Å²) in [5, 5.41) is 2.49. The summed E-state index contributed by atoms with van der Waals surface area (Å²) in [4.78, 5) is 2.39. The van der Waals surface area contributed by atoms with E-state index >= 15 is 0 Å². The first-order valence-electron chi connectivity index (χ1n) is 21.6. The van der Waals surface area contributed by atoms with Crippen molar-refractivity contribution >= 4 is 27.8 Å². The van der Waals surface area contributed by atoms with E-state index in [0.717, 1.165) is 17.1 Å². The number of fused-ring (bicyclic) bond motifs is 4. The van der Waals surface area contributed by atoms with Crippen LogP contribution in [0.1, 0.15) is 25.0 Å². The Bertz CT molecular complexity index is 3170. The highest BCUT2D eigenvalue weighted by atomic mass is 15.1. The van der Waals surface area contributed by atoms with Crippen LogP contribution in [0.4, 0.5) is 17.1 Å². The second-order valence-corrected chi connectivity index (χ2v) is 17.0. The van der Waals surface area contributed by atoms with Crippen LogP contribution in [0.5, 0.6) is 0 Å². The molecule has 0 saturated heterocycles. The summed E-state index contributed by atoms with van der Waals surface area (Å²) in [6, 6.07) is 86.6. The van der Waals surface area contributed by atoms with Crippen molar-refractivity contribution in [2.24, 2.45) is 0 Å². The third-order valence-corrected chi connectivity index (χ3v) is 12.8. The smallest absolute Gasteiger partial charge is 0.0467 e. The molecule has 0 radical (unpaired) electrons. The Balaban J connectivity index is 0.991. The van der Waals surface area contributed by atoms with E-state index in [1.165, 1.54) is 88.7 Å². The SMILES string of the molecule is CC1(C)c2ccccc2-c2ccc(-c3ccc(N(c4ccc(-c5cc(-c6ccccc6)cc(-c6ccccc6)c5)cc4)c4cccc(-c5ccc6ccccc6c5)c4)cc3)cc21. The van der Waals surface area contributed by atoms with Gasteiger partial charge in [-0.1, -0.05) is 184 Å². The van der Waals surface area contributed by atoms with Crippen molar-refractivity contribution in [1.29, 1.82) is 0 Å². The quantitative estimate of drug-likeness (QED) is 0.148. The molecule has 294 valence electrons. The maximum atomic E-state index is 2.41. The lowest BCUT2D eigenvalue weighted by Gasteiger charge is -2.27. The van der Waals surface area contributed by atoms with Crippen molar-refractivity contribution in [1.82, 2.24) is 0 Å². The Morgan fingerprint density at radius 1 is 0.258 bits per heavy atom. The van der Waals surface area contributed by atoms with Crippen LogP contribution in [0, 0.1) is 0 Å². The Labute approximate surface area is 364 Å². The molecule has 62 heavy (non-hydrogen) atoms. The van der Waals surface area contributed by atoms with Gasteiger partial charge in [0.2, 0.25) is 0 Å². The second kappa shape index (κ2) is 15.4. The van der Waals surface area contributed by atoms with Crippen molar-refractivity contribution in [3.05, 3.63) is 248 Å². The summed E-state index contributed by atoms with van der Waals surface area (Å²) in [5.41, 5.74) is 20.7. The fourth-order valence-corrected chi connectivity index (χ4v) is 9.52. The van der Waals surface area contributed by atoms with Crippen LogP contribution < -0.4 is 4.90 Å². The zero-order valence-electron chi connectivity index (χ0n) is 35.0. The fraction of sp³-hybridized carbons (Fsp3) is 0.0492. The van der Waals surface area contributed by atoms with E-state index in [1.807, 2.05) is 0 Å². The average Bonchev–Trinajstić information content (AvgIpc) is 3.57. The normalized spacial score (nSPS) is 12.5. The molecule has 1 nitrogen and oxygen atoms in total. The summed E-state index contributed by atoms with van der Waals surface area (Å²) < 4.78 is 0. The van der Waals surface area contributed by atoms with Crippen molar-refractivity contribution < 1.29 is 0 Å². The minimum Gasteiger partial charge on any atom is -0.310 e. The van der Waals surface area contributed by atoms with Gasteiger partial charge < -0.3 is 4.90 Å². The molecule has 1 aliphatic carbocycles. The summed E-state index contributed by atoms with van der Waals surface area (Å²) in [6.07, 6.45) is 0. The highest BCUT2D eigenvalue weighted by Crippen LogP contribution is 2.50. The van der Waals surface area contributed by atoms with E-state index in [0.29, 0.717) is 0 Å². The average molecular weight is 792 g/mol. The fourth-order valence-electron chi connectivity index (χ4n) is 9.52. The molecule has 0 spiro atoms. The Morgan fingerprint density at radius 3 is 1.35 bits per heavy atom. The highest BCUT2D eigenvalue weighted by molar-refractivity contribution is 5.90. The van der Waals surface area contributed by atoms with Crippen molar-refractivity contribution in [2.45, 2.75) is 19.3 Å². The van der Waals surface area contributed by atoms with E-state index in [2.05, 4.69) is 255 Å². The van der Waals surface area contributed by atoms with Gasteiger partial charge in [-0.15, -0.1) is 0 Å². The molecule has 0 unspecified atom stereocenters. The summed E-state index contributed by atoms with van der Waals surface area (Å²) in [5.74, 6) is 0. The first-order chi connectivity index (χ1) is 30.5. The molecule has 0 bridgehead atoms. The Morgan fingerprint density at radius 2 is 0.710 bits per heavy atom. The van der Waals surface area contributed by atoms with E-state index in [9.17, 15) is 0 Å². The van der Waals surface area contributed by atoms with Gasteiger partial charge in [0, 0.05) is 22.5 Å². The first-order valence-corrected chi connectivity index (χ1v) is 21.6. The predicted molar refractivity (Wildman–Crippen MR) is 263 cm³/mol. The summed E-state index contributed by atoms with van der Waals surface area (Å²) in [6.45, 7) is 4.70. The molecule has 0 heterocycles. The molecule has 0 N–H and O–H groups in total. The molecular weight excluding hydrogens is 747 g/mol. The third-order valence-electron chi connectivity index (χ3n) is 12.8. The van der Waals surface area contributed by atoms with Crippen LogP contribution in [0.15, 0.2) is 237 Å². The standard InChI is InChI=1S/C61H45N/c1-61(2)59-23-12-11-22-57(59)58-35-30-50(41-60(58)61)45-26-31-54(32-27-45)62(56-21-13-20-48(40-56)49-25-24-44-18-9-10-19-47(44)36-49)55-33-28-46(29-34-55)53-38-51(42-14-5-3-6-15-42)37-52(39-53)43-16-7-4-8-17-43/h3-41H,1-2H3. The van der Waals surface area contributed by atoms with Gasteiger partial charge in [-0.3, -0.25) is 0 Å². The minimum absolute atomic E-state index is 0.0487. The van der Waals surface area contributed by atoms with E-state index < -0.39 is 0 Å². The first kappa shape index (κ1) is 37.3. The molecule has 1 heteroatoms. The molecule has 0 atom stereocenters. The van der Waals surface area contributed by atoms with Gasteiger partial charge in [0.05, 0.1) is 0 Å². The molecule has 10 aromatic carbocycles. The van der Waals surface area contributed by atoms with Crippen LogP contribution >= 0.6 is 0 Å². The highest BCUT2D eigenvalue weighted by Gasteiger charge is 2.35. The van der Waals surface area contributed by atoms with Gasteiger partial charge in [0.25, 0.3) is 0 Å². The van der Waals surface area contributed by atoms with Crippen LogP contribution in [-0.4, -0.2) is 0 Å². The Kier molecular flexibility index (Phi) is 9.24. The molecule has 0 saturated carbocycles. The zero-order chi connectivity index (χ0) is 41.6. The van der Waals surface area contributed by atoms with E-state index in [-0.39, 0.29) is 5.41 Å². The number of hydrogen-bond acceptors (Lipinski definition) is 1. The number of hydrogen-bond donors (Lipinski definition) is 0. The van der Waals surface area contributed by atoms with Gasteiger partial charge in [0.15, 0.2) is 0 Å². The van der Waals surface area contributed by atoms with Crippen molar-refractivity contribution in [2.75, 3.05) is 4.90 Å². The molecule has 0 amide bonds. The topological polar surface area (TPSA) is 3.24 Å². The maximum absolute atomic E-state index is 2.41. The van der Waals surface area contributed by atoms with Crippen LogP contribution in [0.25, 0.3) is 77.5 Å². The molecule has 11 rings (SSSR count). The van der Waals surface area contributed by atoms with Crippen LogP contribution in [0.2, 0.25) is 0 Å². The molecular formula is C61H45N. The molecule has 0 aliphatic heterocycles. The molecule has 1 aliphatic rings. The van der Waals surface area contributed by atoms with E-state index in [1.54, 1.807) is 0 Å². The van der Waals surface area contributed by atoms with Gasteiger partial charge in [0.1, 0.15) is 0 Å². The summed E-state index contributed by atoms with van der Waals surface area (Å²) in [7, 11) is 0. The van der Waals surface area contributed by atoms with Crippen molar-refractivity contribution in [3.8, 4) is 66.8 Å². The van der Waals surface area contributed by atoms with Crippen molar-refractivity contribution in [3.63, 3.8) is 0 Å². The molecule has 10 aromatic rings. The Hall–Kier alpha value is -7.74. The predicted octanol–water partition coefficient (Wildman–Crippen LogP) is 17.0. The van der Waals surface area contributed by atoms with Gasteiger partial charge >= 0.3 is 0 Å². The number of anilines is 3. The zero-order valence-corrected chi connectivity index (χ0v) is 35.0. The number of benzene rings is 10. The number of nitrogens with zero attached hydrogens (tertiary/aromatic N) is 1. The van der Waals surface area contributed by atoms with Crippen LogP contribution in [0.3, 0.4) is 0 Å². The summed E-state index contributed by atoms with van der Waals surface area (Å²) >= 11 is 0. The molecule has 0 fully saturated rings. The maximum Gasteiger partial charge on any atom is 0.0467 e. The van der Waals surface area contributed by atoms with Gasteiger partial charge in [-0.25, -0.2) is 0 Å². The lowest BCUT2D eigenvalue weighted by molar-refractivity contribution is 0.660. The largest absolute Gasteiger partial charge is 0.310 e. The minimum atomic E-state index is -0.0487. The molecule has 0 aromatic heterocycles. The monoisotopic (exact) mass is 791 g/mol. The van der Waals surface area contributed by atoms with Crippen LogP contribution in [-0.2, 0) is 5.41 Å². The lowest BCUT2D eigenvalue weighted by Crippen LogP contribution is -2.14. The van der Waals surface area contributed by atoms with Gasteiger partial charge in [-0.05, 0) is 155 Å². The third kappa shape index (κ3) is 6.79. The second-order valence-electron chi connectivity index (χ2n) is 17.0. The number of rotatable bonds is 8.